The standard InChI is InChI=1S/C10H8N2.Se2/c1-3-9(7-11-5-1)10-4-2-6-12-8-10;1-2/h1-8H;. The number of aromatic nitrogens is 2. The second kappa shape index (κ2) is 6.74. The maximum absolute atomic E-state index is 4.03. The van der Waals surface area contributed by atoms with E-state index in [9.17, 15) is 0 Å². The molecule has 0 aliphatic rings. The van der Waals surface area contributed by atoms with Crippen molar-refractivity contribution in [3.63, 3.8) is 0 Å². The molecule has 0 spiro atoms. The SMILES string of the molecule is [Se]=[Se].c1cncc(-c2cccnc2)c1. The summed E-state index contributed by atoms with van der Waals surface area (Å²) in [4.78, 5) is 8.07. The molecule has 0 saturated heterocycles. The van der Waals surface area contributed by atoms with Gasteiger partial charge < -0.3 is 0 Å². The second-order valence-electron chi connectivity index (χ2n) is 2.48. The molecule has 14 heavy (non-hydrogen) atoms. The van der Waals surface area contributed by atoms with Gasteiger partial charge in [-0.25, -0.2) is 0 Å². The van der Waals surface area contributed by atoms with E-state index in [0.29, 0.717) is 0 Å². The molecule has 70 valence electrons. The Bertz CT molecular complexity index is 327. The van der Waals surface area contributed by atoms with Crippen molar-refractivity contribution in [2.75, 3.05) is 0 Å². The first-order chi connectivity index (χ1) is 6.97. The van der Waals surface area contributed by atoms with E-state index >= 15 is 0 Å². The van der Waals surface area contributed by atoms with Crippen LogP contribution in [0.1, 0.15) is 0 Å². The predicted octanol–water partition coefficient (Wildman–Crippen LogP) is 1.38. The third-order valence-electron chi connectivity index (χ3n) is 1.66. The van der Waals surface area contributed by atoms with Gasteiger partial charge in [0.15, 0.2) is 0 Å². The van der Waals surface area contributed by atoms with Crippen molar-refractivity contribution in [3.8, 4) is 11.1 Å². The molecule has 2 rings (SSSR count). The molecule has 2 heterocycles. The van der Waals surface area contributed by atoms with Gasteiger partial charge in [0, 0.05) is 35.9 Å². The summed E-state index contributed by atoms with van der Waals surface area (Å²) < 4.78 is 0. The molecule has 0 radical (unpaired) electrons. The predicted molar refractivity (Wildman–Crippen MR) is 59.0 cm³/mol. The number of rotatable bonds is 1. The first-order valence-electron chi connectivity index (χ1n) is 3.94. The molecule has 0 bridgehead atoms. The van der Waals surface area contributed by atoms with E-state index < -0.39 is 0 Å². The van der Waals surface area contributed by atoms with E-state index in [1.165, 1.54) is 0 Å². The number of pyridine rings is 2. The Hall–Kier alpha value is -0.661. The van der Waals surface area contributed by atoms with E-state index in [-0.39, 0.29) is 0 Å². The summed E-state index contributed by atoms with van der Waals surface area (Å²) >= 11 is 5.00. The van der Waals surface area contributed by atoms with Crippen LogP contribution in [0.4, 0.5) is 0 Å². The summed E-state index contributed by atoms with van der Waals surface area (Å²) in [5, 5.41) is 0. The largest absolute Gasteiger partial charge is 0.264 e. The van der Waals surface area contributed by atoms with Gasteiger partial charge in [-0.3, -0.25) is 9.97 Å². The first-order valence-corrected chi connectivity index (χ1v) is 8.27. The van der Waals surface area contributed by atoms with Crippen LogP contribution in [0.3, 0.4) is 0 Å². The van der Waals surface area contributed by atoms with Crippen LogP contribution >= 0.6 is 0 Å². The minimum atomic E-state index is 1.10. The van der Waals surface area contributed by atoms with Crippen molar-refractivity contribution in [2.45, 2.75) is 0 Å². The molecule has 0 unspecified atom stereocenters. The molecule has 0 saturated carbocycles. The molecule has 2 nitrogen and oxygen atoms in total. The van der Waals surface area contributed by atoms with Gasteiger partial charge in [0.25, 0.3) is 0 Å². The fourth-order valence-electron chi connectivity index (χ4n) is 1.07. The summed E-state index contributed by atoms with van der Waals surface area (Å²) in [6.45, 7) is 0. The van der Waals surface area contributed by atoms with E-state index in [2.05, 4.69) is 37.3 Å². The zero-order chi connectivity index (χ0) is 10.2. The summed E-state index contributed by atoms with van der Waals surface area (Å²) in [7, 11) is 0. The number of hydrogen-bond acceptors (Lipinski definition) is 2. The Morgan fingerprint density at radius 1 is 0.786 bits per heavy atom. The molecule has 0 amide bonds. The summed E-state index contributed by atoms with van der Waals surface area (Å²) in [6, 6.07) is 7.87. The van der Waals surface area contributed by atoms with Crippen LogP contribution in [0.25, 0.3) is 11.1 Å². The van der Waals surface area contributed by atoms with Crippen LogP contribution in [-0.2, 0) is 0 Å². The molecule has 2 aromatic heterocycles. The van der Waals surface area contributed by atoms with Gasteiger partial charge in [0.05, 0.1) is 0 Å². The number of hydrogen-bond donors (Lipinski definition) is 0. The van der Waals surface area contributed by atoms with E-state index in [1.807, 2.05) is 36.7 Å². The normalized spacial score (nSPS) is 8.57. The molecule has 0 aromatic carbocycles. The average Bonchev–Trinajstić information content (AvgIpc) is 2.34. The van der Waals surface area contributed by atoms with Crippen molar-refractivity contribution in [1.29, 1.82) is 0 Å². The summed E-state index contributed by atoms with van der Waals surface area (Å²) in [6.07, 6.45) is 7.19. The van der Waals surface area contributed by atoms with Crippen LogP contribution < -0.4 is 0 Å². The molecule has 0 aliphatic heterocycles. The van der Waals surface area contributed by atoms with E-state index in [1.54, 1.807) is 12.4 Å². The van der Waals surface area contributed by atoms with Crippen LogP contribution in [0.15, 0.2) is 49.1 Å². The Morgan fingerprint density at radius 3 is 1.50 bits per heavy atom. The molecule has 0 fully saturated rings. The molecule has 2 aromatic rings. The average molecular weight is 314 g/mol. The van der Waals surface area contributed by atoms with Gasteiger partial charge >= 0.3 is 27.3 Å². The maximum atomic E-state index is 4.03. The zero-order valence-corrected chi connectivity index (χ0v) is 10.8. The minimum Gasteiger partial charge on any atom is -0.264 e. The Kier molecular flexibility index (Phi) is 5.50. The van der Waals surface area contributed by atoms with Gasteiger partial charge in [0.2, 0.25) is 0 Å². The first kappa shape index (κ1) is 11.4. The molecule has 4 heteroatoms. The smallest absolute Gasteiger partial charge is 0.0346 e. The summed E-state index contributed by atoms with van der Waals surface area (Å²) in [5.41, 5.74) is 2.20. The van der Waals surface area contributed by atoms with Gasteiger partial charge in [-0.2, -0.15) is 0 Å². The third-order valence-corrected chi connectivity index (χ3v) is 1.66. The van der Waals surface area contributed by atoms with Gasteiger partial charge in [-0.15, -0.1) is 0 Å². The molecule has 0 aliphatic carbocycles. The topological polar surface area (TPSA) is 25.8 Å². The molecule has 0 N–H and O–H groups in total. The molecular formula is C10H8N2Se2. The summed E-state index contributed by atoms with van der Waals surface area (Å²) in [5.74, 6) is 0. The van der Waals surface area contributed by atoms with Gasteiger partial charge in [-0.05, 0) is 12.1 Å². The monoisotopic (exact) mass is 316 g/mol. The van der Waals surface area contributed by atoms with E-state index in [0.717, 1.165) is 11.1 Å². The van der Waals surface area contributed by atoms with Crippen molar-refractivity contribution < 1.29 is 0 Å². The quantitative estimate of drug-likeness (QED) is 0.743. The van der Waals surface area contributed by atoms with Crippen molar-refractivity contribution >= 4 is 27.3 Å². The molecule has 0 atom stereocenters. The van der Waals surface area contributed by atoms with Crippen molar-refractivity contribution in [2.24, 2.45) is 0 Å². The van der Waals surface area contributed by atoms with Crippen LogP contribution in [0.5, 0.6) is 0 Å². The molecular weight excluding hydrogens is 306 g/mol. The maximum Gasteiger partial charge on any atom is 0.0346 e. The van der Waals surface area contributed by atoms with Crippen LogP contribution in [-0.4, -0.2) is 37.3 Å². The third kappa shape index (κ3) is 3.24. The second-order valence-corrected chi connectivity index (χ2v) is 2.48. The minimum absolute atomic E-state index is 1.10. The zero-order valence-electron chi connectivity index (χ0n) is 7.33. The number of nitrogens with zero attached hydrogens (tertiary/aromatic N) is 2. The van der Waals surface area contributed by atoms with Gasteiger partial charge in [0.1, 0.15) is 0 Å². The fraction of sp³-hybridized carbons (Fsp3) is 0. The van der Waals surface area contributed by atoms with Crippen molar-refractivity contribution in [3.05, 3.63) is 49.1 Å². The van der Waals surface area contributed by atoms with Crippen LogP contribution in [0, 0.1) is 0 Å². The fourth-order valence-corrected chi connectivity index (χ4v) is 1.07. The van der Waals surface area contributed by atoms with Crippen LogP contribution in [0.2, 0.25) is 0 Å². The van der Waals surface area contributed by atoms with Crippen molar-refractivity contribution in [1.82, 2.24) is 9.97 Å². The van der Waals surface area contributed by atoms with E-state index in [4.69, 9.17) is 0 Å². The Morgan fingerprint density at radius 2 is 1.21 bits per heavy atom. The Balaban J connectivity index is 0.000000461. The Labute approximate surface area is 97.3 Å². The van der Waals surface area contributed by atoms with Gasteiger partial charge in [-0.1, -0.05) is 12.1 Å².